The summed E-state index contributed by atoms with van der Waals surface area (Å²) < 4.78 is 30.4. The number of rotatable bonds is 6. The molecule has 4 nitrogen and oxygen atoms in total. The average Bonchev–Trinajstić information content (AvgIpc) is 2.79. The Morgan fingerprint density at radius 2 is 1.52 bits per heavy atom. The Bertz CT molecular complexity index is 1270. The van der Waals surface area contributed by atoms with Gasteiger partial charge in [0, 0.05) is 16.2 Å². The lowest BCUT2D eigenvalue weighted by molar-refractivity contribution is 0.572. The molecule has 0 spiro atoms. The number of halogens is 1. The number of nitrogens with zero attached hydrogens (tertiary/aromatic N) is 1. The number of aromatic nitrogens is 1. The first-order chi connectivity index (χ1) is 14.9. The first kappa shape index (κ1) is 21.4. The third kappa shape index (κ3) is 4.93. The Morgan fingerprint density at radius 1 is 0.839 bits per heavy atom. The number of pyridine rings is 1. The maximum absolute atomic E-state index is 13.3. The van der Waals surface area contributed by atoms with Gasteiger partial charge in [-0.2, -0.15) is 4.72 Å². The van der Waals surface area contributed by atoms with Crippen LogP contribution < -0.4 is 4.72 Å². The highest BCUT2D eigenvalue weighted by atomic mass is 79.9. The van der Waals surface area contributed by atoms with Crippen molar-refractivity contribution in [2.75, 3.05) is 0 Å². The lowest BCUT2D eigenvalue weighted by atomic mass is 9.93. The summed E-state index contributed by atoms with van der Waals surface area (Å²) in [6, 6.07) is 27.4. The summed E-state index contributed by atoms with van der Waals surface area (Å²) in [5.41, 5.74) is 4.34. The van der Waals surface area contributed by atoms with E-state index in [2.05, 4.69) is 25.6 Å². The molecule has 1 unspecified atom stereocenters. The van der Waals surface area contributed by atoms with E-state index >= 15 is 0 Å². The normalized spacial score (nSPS) is 12.5. The van der Waals surface area contributed by atoms with E-state index in [9.17, 15) is 8.42 Å². The zero-order valence-corrected chi connectivity index (χ0v) is 19.3. The van der Waals surface area contributed by atoms with Gasteiger partial charge in [0.1, 0.15) is 0 Å². The summed E-state index contributed by atoms with van der Waals surface area (Å²) in [7, 11) is -3.76. The Morgan fingerprint density at radius 3 is 2.19 bits per heavy atom. The topological polar surface area (TPSA) is 59.1 Å². The molecule has 0 amide bonds. The summed E-state index contributed by atoms with van der Waals surface area (Å²) in [5.74, 6) is 0. The fourth-order valence-electron chi connectivity index (χ4n) is 3.41. The second-order valence-corrected chi connectivity index (χ2v) is 9.85. The van der Waals surface area contributed by atoms with Gasteiger partial charge in [0.05, 0.1) is 16.6 Å². The van der Waals surface area contributed by atoms with E-state index in [1.54, 1.807) is 30.5 Å². The van der Waals surface area contributed by atoms with Crippen LogP contribution in [-0.4, -0.2) is 13.4 Å². The summed E-state index contributed by atoms with van der Waals surface area (Å²) in [6.45, 7) is 1.93. The summed E-state index contributed by atoms with van der Waals surface area (Å²) in [5, 5.41) is 0. The quantitative estimate of drug-likeness (QED) is 0.365. The van der Waals surface area contributed by atoms with Crippen LogP contribution in [0.1, 0.15) is 22.7 Å². The zero-order valence-electron chi connectivity index (χ0n) is 16.9. The van der Waals surface area contributed by atoms with Crippen LogP contribution in [0, 0.1) is 6.92 Å². The molecule has 31 heavy (non-hydrogen) atoms. The van der Waals surface area contributed by atoms with Crippen molar-refractivity contribution in [3.05, 3.63) is 118 Å². The fourth-order valence-corrected chi connectivity index (χ4v) is 4.88. The Kier molecular flexibility index (Phi) is 6.32. The maximum Gasteiger partial charge on any atom is 0.241 e. The molecule has 1 N–H and O–H groups in total. The Balaban J connectivity index is 1.84. The van der Waals surface area contributed by atoms with E-state index < -0.39 is 16.1 Å². The van der Waals surface area contributed by atoms with Crippen LogP contribution in [0.3, 0.4) is 0 Å². The molecule has 0 radical (unpaired) electrons. The van der Waals surface area contributed by atoms with Crippen molar-refractivity contribution in [2.45, 2.75) is 17.9 Å². The van der Waals surface area contributed by atoms with E-state index in [1.165, 1.54) is 0 Å². The number of sulfonamides is 1. The highest BCUT2D eigenvalue weighted by Crippen LogP contribution is 2.32. The second kappa shape index (κ2) is 9.14. The molecule has 0 aliphatic rings. The van der Waals surface area contributed by atoms with E-state index in [1.807, 2.05) is 73.7 Å². The summed E-state index contributed by atoms with van der Waals surface area (Å²) in [6.07, 6.45) is 1.73. The zero-order chi connectivity index (χ0) is 21.8. The highest BCUT2D eigenvalue weighted by Gasteiger charge is 2.25. The molecule has 4 rings (SSSR count). The fraction of sp³-hybridized carbons (Fsp3) is 0.0800. The largest absolute Gasteiger partial charge is 0.256 e. The van der Waals surface area contributed by atoms with Gasteiger partial charge in [0.2, 0.25) is 10.0 Å². The van der Waals surface area contributed by atoms with Crippen LogP contribution in [0.15, 0.2) is 107 Å². The van der Waals surface area contributed by atoms with Crippen LogP contribution in [0.25, 0.3) is 11.3 Å². The van der Waals surface area contributed by atoms with E-state index in [4.69, 9.17) is 0 Å². The average molecular weight is 493 g/mol. The second-order valence-electron chi connectivity index (χ2n) is 7.22. The third-order valence-electron chi connectivity index (χ3n) is 5.02. The standard InChI is InChI=1S/C25H21BrN2O2S/c1-18-9-15-21(16-10-18)31(29,30)28-25(19-11-13-20(26)14-12-19)23-7-3-2-6-22(23)24-8-4-5-17-27-24/h2-17,25,28H,1H3. The third-order valence-corrected chi connectivity index (χ3v) is 6.99. The lowest BCUT2D eigenvalue weighted by Crippen LogP contribution is -2.30. The number of hydrogen-bond acceptors (Lipinski definition) is 3. The van der Waals surface area contributed by atoms with Crippen molar-refractivity contribution in [2.24, 2.45) is 0 Å². The molecule has 0 aliphatic carbocycles. The van der Waals surface area contributed by atoms with Crippen LogP contribution in [0.5, 0.6) is 0 Å². The summed E-state index contributed by atoms with van der Waals surface area (Å²) in [4.78, 5) is 4.71. The number of benzene rings is 3. The van der Waals surface area contributed by atoms with Crippen LogP contribution in [0.2, 0.25) is 0 Å². The molecule has 0 saturated carbocycles. The van der Waals surface area contributed by atoms with E-state index in [0.717, 1.165) is 32.4 Å². The van der Waals surface area contributed by atoms with Gasteiger partial charge in [0.25, 0.3) is 0 Å². The van der Waals surface area contributed by atoms with Crippen LogP contribution in [-0.2, 0) is 10.0 Å². The minimum absolute atomic E-state index is 0.232. The van der Waals surface area contributed by atoms with Gasteiger partial charge in [-0.1, -0.05) is 76.1 Å². The van der Waals surface area contributed by atoms with Gasteiger partial charge in [-0.05, 0) is 54.4 Å². The van der Waals surface area contributed by atoms with Gasteiger partial charge in [-0.25, -0.2) is 8.42 Å². The van der Waals surface area contributed by atoms with Crippen molar-refractivity contribution in [3.8, 4) is 11.3 Å². The molecular weight excluding hydrogens is 472 g/mol. The monoisotopic (exact) mass is 492 g/mol. The smallest absolute Gasteiger partial charge is 0.241 e. The van der Waals surface area contributed by atoms with Gasteiger partial charge in [-0.3, -0.25) is 4.98 Å². The molecule has 1 aromatic heterocycles. The van der Waals surface area contributed by atoms with Crippen molar-refractivity contribution in [1.29, 1.82) is 0 Å². The highest BCUT2D eigenvalue weighted by molar-refractivity contribution is 9.10. The minimum atomic E-state index is -3.76. The molecule has 0 saturated heterocycles. The Labute approximate surface area is 191 Å². The molecular formula is C25H21BrN2O2S. The van der Waals surface area contributed by atoms with Gasteiger partial charge >= 0.3 is 0 Å². The van der Waals surface area contributed by atoms with Gasteiger partial charge < -0.3 is 0 Å². The number of aryl methyl sites for hydroxylation is 1. The number of nitrogens with one attached hydrogen (secondary N) is 1. The van der Waals surface area contributed by atoms with Gasteiger partial charge in [0.15, 0.2) is 0 Å². The molecule has 0 fully saturated rings. The first-order valence-electron chi connectivity index (χ1n) is 9.79. The van der Waals surface area contributed by atoms with Crippen molar-refractivity contribution < 1.29 is 8.42 Å². The Hall–Kier alpha value is -2.80. The molecule has 156 valence electrons. The van der Waals surface area contributed by atoms with E-state index in [-0.39, 0.29) is 4.90 Å². The predicted molar refractivity (Wildman–Crippen MR) is 127 cm³/mol. The van der Waals surface area contributed by atoms with Gasteiger partial charge in [-0.15, -0.1) is 0 Å². The first-order valence-corrected chi connectivity index (χ1v) is 12.1. The molecule has 1 atom stereocenters. The summed E-state index contributed by atoms with van der Waals surface area (Å²) >= 11 is 3.46. The molecule has 1 heterocycles. The van der Waals surface area contributed by atoms with Crippen molar-refractivity contribution >= 4 is 26.0 Å². The SMILES string of the molecule is Cc1ccc(S(=O)(=O)NC(c2ccc(Br)cc2)c2ccccc2-c2ccccn2)cc1. The van der Waals surface area contributed by atoms with Crippen molar-refractivity contribution in [1.82, 2.24) is 9.71 Å². The molecule has 0 bridgehead atoms. The predicted octanol–water partition coefficient (Wildman–Crippen LogP) is 5.89. The van der Waals surface area contributed by atoms with E-state index in [0.29, 0.717) is 0 Å². The molecule has 0 aliphatic heterocycles. The van der Waals surface area contributed by atoms with Crippen molar-refractivity contribution in [3.63, 3.8) is 0 Å². The van der Waals surface area contributed by atoms with Crippen LogP contribution in [0.4, 0.5) is 0 Å². The maximum atomic E-state index is 13.3. The minimum Gasteiger partial charge on any atom is -0.256 e. The molecule has 6 heteroatoms. The number of hydrogen-bond donors (Lipinski definition) is 1. The molecule has 3 aromatic carbocycles. The lowest BCUT2D eigenvalue weighted by Gasteiger charge is -2.22. The van der Waals surface area contributed by atoms with Crippen LogP contribution >= 0.6 is 15.9 Å². The molecule has 4 aromatic rings.